The molecule has 0 saturated heterocycles. The largest absolute Gasteiger partial charge is 0.404 e. The summed E-state index contributed by atoms with van der Waals surface area (Å²) < 4.78 is 7.35. The first-order valence-corrected chi connectivity index (χ1v) is 13.4. The Kier molecular flexibility index (Phi) is 10.0. The second-order valence-electron chi connectivity index (χ2n) is 9.13. The Labute approximate surface area is 185 Å². The summed E-state index contributed by atoms with van der Waals surface area (Å²) in [5, 5.41) is 11.7. The van der Waals surface area contributed by atoms with Gasteiger partial charge < -0.3 is 9.53 Å². The number of rotatable bonds is 12. The molecule has 0 aliphatic rings. The van der Waals surface area contributed by atoms with Gasteiger partial charge in [0.1, 0.15) is 0 Å². The molecular formula is C27H40O2Si. The zero-order chi connectivity index (χ0) is 21.9. The fourth-order valence-corrected chi connectivity index (χ4v) is 9.04. The van der Waals surface area contributed by atoms with Crippen LogP contribution < -0.4 is 10.4 Å². The summed E-state index contributed by atoms with van der Waals surface area (Å²) in [5.74, 6) is 0. The van der Waals surface area contributed by atoms with E-state index in [9.17, 15) is 0 Å². The van der Waals surface area contributed by atoms with Crippen LogP contribution in [0.4, 0.5) is 0 Å². The minimum absolute atomic E-state index is 0.0109. The highest BCUT2D eigenvalue weighted by Gasteiger charge is 2.51. The molecule has 30 heavy (non-hydrogen) atoms. The van der Waals surface area contributed by atoms with Gasteiger partial charge in [0.2, 0.25) is 0 Å². The molecule has 0 spiro atoms. The number of allylic oxidation sites excluding steroid dienone is 1. The van der Waals surface area contributed by atoms with Gasteiger partial charge in [-0.3, -0.25) is 0 Å². The molecule has 1 N–H and O–H groups in total. The molecule has 2 aromatic carbocycles. The van der Waals surface area contributed by atoms with Crippen molar-refractivity contribution < 1.29 is 9.53 Å². The molecule has 0 heterocycles. The average molecular weight is 425 g/mol. The van der Waals surface area contributed by atoms with Crippen LogP contribution in [0.1, 0.15) is 66.2 Å². The predicted octanol–water partition coefficient (Wildman–Crippen LogP) is 5.84. The molecule has 0 aliphatic heterocycles. The van der Waals surface area contributed by atoms with Gasteiger partial charge in [-0.25, -0.2) is 0 Å². The molecule has 0 unspecified atom stereocenters. The third-order valence-electron chi connectivity index (χ3n) is 5.81. The van der Waals surface area contributed by atoms with Crippen molar-refractivity contribution in [3.8, 4) is 0 Å². The molecule has 2 aromatic rings. The molecule has 2 rings (SSSR count). The summed E-state index contributed by atoms with van der Waals surface area (Å²) >= 11 is 0. The summed E-state index contributed by atoms with van der Waals surface area (Å²) in [6.45, 7) is 9.42. The highest BCUT2D eigenvalue weighted by Crippen LogP contribution is 2.38. The third-order valence-corrected chi connectivity index (χ3v) is 10.9. The van der Waals surface area contributed by atoms with E-state index in [1.807, 2.05) is 6.08 Å². The van der Waals surface area contributed by atoms with Crippen molar-refractivity contribution in [3.63, 3.8) is 0 Å². The van der Waals surface area contributed by atoms with Gasteiger partial charge in [0, 0.05) is 6.10 Å². The van der Waals surface area contributed by atoms with Crippen molar-refractivity contribution in [1.29, 1.82) is 0 Å². The van der Waals surface area contributed by atoms with Crippen LogP contribution >= 0.6 is 0 Å². The Morgan fingerprint density at radius 1 is 0.867 bits per heavy atom. The average Bonchev–Trinajstić information content (AvgIpc) is 2.75. The fraction of sp³-hybridized carbons (Fsp3) is 0.481. The first kappa shape index (κ1) is 24.6. The van der Waals surface area contributed by atoms with Crippen LogP contribution in [0.15, 0.2) is 72.8 Å². The van der Waals surface area contributed by atoms with Crippen molar-refractivity contribution >= 4 is 18.7 Å². The SMILES string of the molecule is CCCC[C@@H](CCC/C=C/CO)O[Si](c1ccccc1)(c1ccccc1)C(C)(C)C. The lowest BCUT2D eigenvalue weighted by Gasteiger charge is -2.45. The van der Waals surface area contributed by atoms with Crippen molar-refractivity contribution in [2.75, 3.05) is 6.61 Å². The predicted molar refractivity (Wildman–Crippen MR) is 132 cm³/mol. The smallest absolute Gasteiger partial charge is 0.261 e. The van der Waals surface area contributed by atoms with Gasteiger partial charge >= 0.3 is 0 Å². The summed E-state index contributed by atoms with van der Waals surface area (Å²) in [6.07, 6.45) is 10.8. The standard InChI is InChI=1S/C27H40O2Si/c1-5-6-17-24(18-11-7-8-16-23-28)29-30(27(2,3)4,25-19-12-9-13-20-25)26-21-14-10-15-22-26/h8-10,12-16,19-22,24,28H,5-7,11,17-18,23H2,1-4H3/b16-8+/t24-/m0/s1. The lowest BCUT2D eigenvalue weighted by atomic mass is 10.1. The molecule has 3 heteroatoms. The minimum atomic E-state index is -2.50. The number of hydrogen-bond acceptors (Lipinski definition) is 2. The van der Waals surface area contributed by atoms with Crippen LogP contribution in [0.2, 0.25) is 5.04 Å². The Hall–Kier alpha value is -1.68. The van der Waals surface area contributed by atoms with E-state index in [1.54, 1.807) is 0 Å². The third kappa shape index (κ3) is 6.41. The maximum atomic E-state index is 8.98. The van der Waals surface area contributed by atoms with E-state index in [4.69, 9.17) is 9.53 Å². The van der Waals surface area contributed by atoms with E-state index < -0.39 is 8.32 Å². The number of hydrogen-bond donors (Lipinski definition) is 1. The van der Waals surface area contributed by atoms with Gasteiger partial charge in [-0.05, 0) is 41.1 Å². The molecule has 0 aliphatic carbocycles. The molecular weight excluding hydrogens is 384 g/mol. The van der Waals surface area contributed by atoms with Crippen LogP contribution in [-0.2, 0) is 4.43 Å². The van der Waals surface area contributed by atoms with E-state index >= 15 is 0 Å². The topological polar surface area (TPSA) is 29.5 Å². The number of aliphatic hydroxyl groups excluding tert-OH is 1. The van der Waals surface area contributed by atoms with Crippen LogP contribution in [0, 0.1) is 0 Å². The summed E-state index contributed by atoms with van der Waals surface area (Å²) in [4.78, 5) is 0. The Morgan fingerprint density at radius 3 is 1.87 bits per heavy atom. The highest BCUT2D eigenvalue weighted by molar-refractivity contribution is 6.99. The van der Waals surface area contributed by atoms with Gasteiger partial charge in [0.25, 0.3) is 8.32 Å². The van der Waals surface area contributed by atoms with E-state index in [-0.39, 0.29) is 17.7 Å². The Balaban J connectivity index is 2.44. The minimum Gasteiger partial charge on any atom is -0.404 e. The summed E-state index contributed by atoms with van der Waals surface area (Å²) in [7, 11) is -2.50. The van der Waals surface area contributed by atoms with E-state index in [1.165, 1.54) is 23.2 Å². The van der Waals surface area contributed by atoms with Crippen LogP contribution in [0.3, 0.4) is 0 Å². The number of unbranched alkanes of at least 4 members (excludes halogenated alkanes) is 2. The van der Waals surface area contributed by atoms with Gasteiger partial charge in [-0.1, -0.05) is 113 Å². The monoisotopic (exact) mass is 424 g/mol. The van der Waals surface area contributed by atoms with Crippen LogP contribution in [0.25, 0.3) is 0 Å². The van der Waals surface area contributed by atoms with E-state index in [0.29, 0.717) is 0 Å². The van der Waals surface area contributed by atoms with Crippen molar-refractivity contribution in [2.45, 2.75) is 77.4 Å². The molecule has 0 radical (unpaired) electrons. The maximum Gasteiger partial charge on any atom is 0.261 e. The zero-order valence-corrected chi connectivity index (χ0v) is 20.3. The van der Waals surface area contributed by atoms with Crippen LogP contribution in [0.5, 0.6) is 0 Å². The van der Waals surface area contributed by atoms with E-state index in [0.717, 1.165) is 25.7 Å². The number of aliphatic hydroxyl groups is 1. The molecule has 0 amide bonds. The van der Waals surface area contributed by atoms with Crippen molar-refractivity contribution in [1.82, 2.24) is 0 Å². The molecule has 1 atom stereocenters. The van der Waals surface area contributed by atoms with E-state index in [2.05, 4.69) is 94.4 Å². The highest BCUT2D eigenvalue weighted by atomic mass is 28.4. The first-order valence-electron chi connectivity index (χ1n) is 11.5. The summed E-state index contributed by atoms with van der Waals surface area (Å²) in [6, 6.07) is 21.9. The number of benzene rings is 2. The molecule has 0 aromatic heterocycles. The molecule has 164 valence electrons. The zero-order valence-electron chi connectivity index (χ0n) is 19.3. The van der Waals surface area contributed by atoms with Gasteiger partial charge in [-0.15, -0.1) is 0 Å². The second kappa shape index (κ2) is 12.2. The van der Waals surface area contributed by atoms with Crippen molar-refractivity contribution in [2.24, 2.45) is 0 Å². The molecule has 0 fully saturated rings. The van der Waals surface area contributed by atoms with Crippen LogP contribution in [-0.4, -0.2) is 26.1 Å². The molecule has 0 saturated carbocycles. The summed E-state index contributed by atoms with van der Waals surface area (Å²) in [5.41, 5.74) is 0. The van der Waals surface area contributed by atoms with Gasteiger partial charge in [-0.2, -0.15) is 0 Å². The lowest BCUT2D eigenvalue weighted by molar-refractivity contribution is 0.162. The quantitative estimate of drug-likeness (QED) is 0.263. The first-order chi connectivity index (χ1) is 14.5. The van der Waals surface area contributed by atoms with Gasteiger partial charge in [0.05, 0.1) is 6.61 Å². The lowest BCUT2D eigenvalue weighted by Crippen LogP contribution is -2.67. The molecule has 2 nitrogen and oxygen atoms in total. The Bertz CT molecular complexity index is 695. The Morgan fingerprint density at radius 2 is 1.40 bits per heavy atom. The fourth-order valence-electron chi connectivity index (χ4n) is 4.29. The maximum absolute atomic E-state index is 8.98. The van der Waals surface area contributed by atoms with Crippen molar-refractivity contribution in [3.05, 3.63) is 72.8 Å². The normalized spacial score (nSPS) is 13.6. The molecule has 0 bridgehead atoms. The van der Waals surface area contributed by atoms with Gasteiger partial charge in [0.15, 0.2) is 0 Å². The second-order valence-corrected chi connectivity index (χ2v) is 13.4.